The van der Waals surface area contributed by atoms with Gasteiger partial charge in [-0.2, -0.15) is 0 Å². The number of halogens is 5. The molecule has 0 aliphatic heterocycles. The molecule has 1 nitrogen and oxygen atoms in total. The van der Waals surface area contributed by atoms with Gasteiger partial charge in [0.1, 0.15) is 5.69 Å². The van der Waals surface area contributed by atoms with Crippen LogP contribution in [0, 0.1) is 30.2 Å². The van der Waals surface area contributed by atoms with Gasteiger partial charge in [0.05, 0.1) is 0 Å². The van der Waals surface area contributed by atoms with E-state index in [1.54, 1.807) is 6.07 Å². The number of benzene rings is 2. The van der Waals surface area contributed by atoms with Crippen LogP contribution >= 0.6 is 15.9 Å². The molecule has 2 aromatic carbocycles. The predicted molar refractivity (Wildman–Crippen MR) is 72.5 cm³/mol. The highest BCUT2D eigenvalue weighted by molar-refractivity contribution is 9.10. The predicted octanol–water partition coefficient (Wildman–Crippen LogP) is 4.93. The molecule has 0 saturated carbocycles. The molecule has 0 aliphatic carbocycles. The number of nitrogens with one attached hydrogen (secondary N) is 1. The molecular weight excluding hydrogens is 338 g/mol. The summed E-state index contributed by atoms with van der Waals surface area (Å²) in [5, 5.41) is 2.38. The molecule has 0 unspecified atom stereocenters. The second-order valence-corrected chi connectivity index (χ2v) is 5.15. The van der Waals surface area contributed by atoms with Crippen LogP contribution in [0.4, 0.5) is 23.2 Å². The molecule has 0 aliphatic rings. The highest BCUT2D eigenvalue weighted by atomic mass is 79.9. The maximum atomic E-state index is 13.5. The maximum Gasteiger partial charge on any atom is 0.185 e. The van der Waals surface area contributed by atoms with Gasteiger partial charge >= 0.3 is 0 Å². The van der Waals surface area contributed by atoms with Gasteiger partial charge in [-0.25, -0.2) is 17.6 Å². The quantitative estimate of drug-likeness (QED) is 0.613. The summed E-state index contributed by atoms with van der Waals surface area (Å²) in [5.74, 6) is -5.75. The van der Waals surface area contributed by atoms with E-state index in [-0.39, 0.29) is 12.6 Å². The molecule has 2 aromatic rings. The molecule has 0 saturated heterocycles. The van der Waals surface area contributed by atoms with Gasteiger partial charge in [-0.1, -0.05) is 28.1 Å². The van der Waals surface area contributed by atoms with Gasteiger partial charge in [0.2, 0.25) is 0 Å². The standard InChI is InChI=1S/C14H10BrF4N/c1-7-2-3-8(9(15)4-7)6-20-14-12(18)10(16)5-11(17)13(14)19/h2-5,20H,6H2,1H3. The normalized spacial score (nSPS) is 10.7. The molecule has 0 radical (unpaired) electrons. The van der Waals surface area contributed by atoms with Crippen molar-refractivity contribution in [3.8, 4) is 0 Å². The Labute approximate surface area is 121 Å². The lowest BCUT2D eigenvalue weighted by Crippen LogP contribution is -2.07. The van der Waals surface area contributed by atoms with E-state index in [1.807, 2.05) is 19.1 Å². The molecule has 2 rings (SSSR count). The highest BCUT2D eigenvalue weighted by Crippen LogP contribution is 2.26. The molecular formula is C14H10BrF4N. The summed E-state index contributed by atoms with van der Waals surface area (Å²) in [6, 6.07) is 5.58. The zero-order valence-corrected chi connectivity index (χ0v) is 12.0. The van der Waals surface area contributed by atoms with Gasteiger partial charge in [0.25, 0.3) is 0 Å². The maximum absolute atomic E-state index is 13.5. The van der Waals surface area contributed by atoms with Crippen molar-refractivity contribution in [2.24, 2.45) is 0 Å². The molecule has 0 bridgehead atoms. The lowest BCUT2D eigenvalue weighted by atomic mass is 10.1. The first-order chi connectivity index (χ1) is 9.40. The summed E-state index contributed by atoms with van der Waals surface area (Å²) in [6.07, 6.45) is 0. The minimum absolute atomic E-state index is 0.0254. The number of hydrogen-bond donors (Lipinski definition) is 1. The highest BCUT2D eigenvalue weighted by Gasteiger charge is 2.18. The molecule has 20 heavy (non-hydrogen) atoms. The Kier molecular flexibility index (Phi) is 4.32. The molecule has 0 heterocycles. The zero-order chi connectivity index (χ0) is 14.9. The van der Waals surface area contributed by atoms with E-state index in [9.17, 15) is 17.6 Å². The summed E-state index contributed by atoms with van der Waals surface area (Å²) in [4.78, 5) is 0. The van der Waals surface area contributed by atoms with E-state index in [0.29, 0.717) is 5.56 Å². The zero-order valence-electron chi connectivity index (χ0n) is 10.4. The van der Waals surface area contributed by atoms with Crippen LogP contribution in [0.5, 0.6) is 0 Å². The largest absolute Gasteiger partial charge is 0.376 e. The minimum Gasteiger partial charge on any atom is -0.376 e. The van der Waals surface area contributed by atoms with Gasteiger partial charge in [-0.05, 0) is 24.1 Å². The Morgan fingerprint density at radius 3 is 2.15 bits per heavy atom. The Bertz CT molecular complexity index is 632. The van der Waals surface area contributed by atoms with Gasteiger partial charge < -0.3 is 5.32 Å². The van der Waals surface area contributed by atoms with Crippen molar-refractivity contribution in [1.29, 1.82) is 0 Å². The number of rotatable bonds is 3. The van der Waals surface area contributed by atoms with Crippen molar-refractivity contribution >= 4 is 21.6 Å². The average Bonchev–Trinajstić information content (AvgIpc) is 2.38. The van der Waals surface area contributed by atoms with Crippen LogP contribution in [0.25, 0.3) is 0 Å². The van der Waals surface area contributed by atoms with Crippen LogP contribution < -0.4 is 5.32 Å². The lowest BCUT2D eigenvalue weighted by Gasteiger charge is -2.11. The molecule has 1 N–H and O–H groups in total. The minimum atomic E-state index is -1.44. The fourth-order valence-electron chi connectivity index (χ4n) is 1.71. The van der Waals surface area contributed by atoms with Crippen LogP contribution in [0.3, 0.4) is 0 Å². The molecule has 106 valence electrons. The smallest absolute Gasteiger partial charge is 0.185 e. The van der Waals surface area contributed by atoms with Gasteiger partial charge in [0, 0.05) is 17.1 Å². The van der Waals surface area contributed by atoms with E-state index in [1.165, 1.54) is 0 Å². The van der Waals surface area contributed by atoms with Crippen molar-refractivity contribution in [1.82, 2.24) is 0 Å². The summed E-state index contributed by atoms with van der Waals surface area (Å²) in [5.41, 5.74) is 0.906. The van der Waals surface area contributed by atoms with E-state index < -0.39 is 29.0 Å². The van der Waals surface area contributed by atoms with E-state index in [4.69, 9.17) is 0 Å². The fourth-order valence-corrected chi connectivity index (χ4v) is 2.34. The first-order valence-electron chi connectivity index (χ1n) is 5.72. The summed E-state index contributed by atoms with van der Waals surface area (Å²) >= 11 is 3.31. The first kappa shape index (κ1) is 14.8. The summed E-state index contributed by atoms with van der Waals surface area (Å²) in [6.45, 7) is 1.92. The van der Waals surface area contributed by atoms with E-state index in [2.05, 4.69) is 21.2 Å². The molecule has 6 heteroatoms. The van der Waals surface area contributed by atoms with Crippen molar-refractivity contribution < 1.29 is 17.6 Å². The number of hydrogen-bond acceptors (Lipinski definition) is 1. The molecule has 0 spiro atoms. The Morgan fingerprint density at radius 2 is 1.60 bits per heavy atom. The fraction of sp³-hybridized carbons (Fsp3) is 0.143. The molecule has 0 atom stereocenters. The third-order valence-corrected chi connectivity index (χ3v) is 3.51. The van der Waals surface area contributed by atoms with Gasteiger partial charge in [0.15, 0.2) is 23.3 Å². The number of anilines is 1. The third kappa shape index (κ3) is 2.95. The topological polar surface area (TPSA) is 12.0 Å². The summed E-state index contributed by atoms with van der Waals surface area (Å²) < 4.78 is 53.7. The Balaban J connectivity index is 2.27. The molecule has 0 fully saturated rings. The second kappa shape index (κ2) is 5.83. The lowest BCUT2D eigenvalue weighted by molar-refractivity contribution is 0.458. The van der Waals surface area contributed by atoms with Crippen LogP contribution in [0.1, 0.15) is 11.1 Å². The van der Waals surface area contributed by atoms with Crippen molar-refractivity contribution in [3.05, 3.63) is 63.1 Å². The Morgan fingerprint density at radius 1 is 1.00 bits per heavy atom. The molecule has 0 aromatic heterocycles. The monoisotopic (exact) mass is 347 g/mol. The number of aryl methyl sites for hydroxylation is 1. The van der Waals surface area contributed by atoms with Gasteiger partial charge in [-0.15, -0.1) is 0 Å². The first-order valence-corrected chi connectivity index (χ1v) is 6.51. The van der Waals surface area contributed by atoms with Crippen molar-refractivity contribution in [2.75, 3.05) is 5.32 Å². The van der Waals surface area contributed by atoms with Crippen LogP contribution in [0.15, 0.2) is 28.7 Å². The van der Waals surface area contributed by atoms with Crippen molar-refractivity contribution in [2.45, 2.75) is 13.5 Å². The summed E-state index contributed by atoms with van der Waals surface area (Å²) in [7, 11) is 0. The van der Waals surface area contributed by atoms with Crippen LogP contribution in [-0.2, 0) is 6.54 Å². The second-order valence-electron chi connectivity index (χ2n) is 4.29. The van der Waals surface area contributed by atoms with Crippen LogP contribution in [0.2, 0.25) is 0 Å². The van der Waals surface area contributed by atoms with Gasteiger partial charge in [-0.3, -0.25) is 0 Å². The van der Waals surface area contributed by atoms with Crippen LogP contribution in [-0.4, -0.2) is 0 Å². The van der Waals surface area contributed by atoms with E-state index in [0.717, 1.165) is 10.0 Å². The SMILES string of the molecule is Cc1ccc(CNc2c(F)c(F)cc(F)c2F)c(Br)c1. The molecule has 0 amide bonds. The van der Waals surface area contributed by atoms with E-state index >= 15 is 0 Å². The van der Waals surface area contributed by atoms with Crippen molar-refractivity contribution in [3.63, 3.8) is 0 Å². The Hall–Kier alpha value is -1.56. The third-order valence-electron chi connectivity index (χ3n) is 2.78. The average molecular weight is 348 g/mol.